The number of thiophene rings is 1. The zero-order valence-corrected chi connectivity index (χ0v) is 9.19. The third-order valence-electron chi connectivity index (χ3n) is 2.25. The highest BCUT2D eigenvalue weighted by molar-refractivity contribution is 7.12. The normalized spacial score (nSPS) is 16.3. The van der Waals surface area contributed by atoms with Gasteiger partial charge in [0, 0.05) is 9.75 Å². The largest absolute Gasteiger partial charge is 0.278 e. The van der Waals surface area contributed by atoms with Crippen molar-refractivity contribution in [1.29, 1.82) is 0 Å². The van der Waals surface area contributed by atoms with Crippen molar-refractivity contribution in [2.24, 2.45) is 0 Å². The molecule has 4 heteroatoms. The molecule has 0 aromatic carbocycles. The molecule has 1 fully saturated rings. The van der Waals surface area contributed by atoms with Crippen LogP contribution in [0.1, 0.15) is 26.5 Å². The molecule has 0 radical (unpaired) electrons. The number of carbonyl (C=O) groups is 1. The molecule has 76 valence electrons. The maximum Gasteiger partial charge on any atom is 0.278 e. The third kappa shape index (κ3) is 1.67. The molecule has 2 rings (SSSR count). The van der Waals surface area contributed by atoms with E-state index in [4.69, 9.17) is 4.84 Å². The van der Waals surface area contributed by atoms with E-state index in [1.165, 1.54) is 9.94 Å². The summed E-state index contributed by atoms with van der Waals surface area (Å²) in [5.41, 5.74) is 0.786. The number of hydroxylamine groups is 2. The minimum atomic E-state index is 0.00403. The van der Waals surface area contributed by atoms with Crippen molar-refractivity contribution in [2.75, 3.05) is 13.2 Å². The predicted molar refractivity (Wildman–Crippen MR) is 55.4 cm³/mol. The van der Waals surface area contributed by atoms with Crippen LogP contribution in [0.25, 0.3) is 0 Å². The van der Waals surface area contributed by atoms with E-state index >= 15 is 0 Å². The van der Waals surface area contributed by atoms with Gasteiger partial charge >= 0.3 is 0 Å². The SMILES string of the molecule is Cc1cc(C(=O)N2CCCO2)c(C)s1. The van der Waals surface area contributed by atoms with E-state index < -0.39 is 0 Å². The van der Waals surface area contributed by atoms with Crippen LogP contribution >= 0.6 is 11.3 Å². The summed E-state index contributed by atoms with van der Waals surface area (Å²) >= 11 is 1.65. The standard InChI is InChI=1S/C10H13NO2S/c1-7-6-9(8(2)14-7)10(12)11-4-3-5-13-11/h6H,3-5H2,1-2H3. The van der Waals surface area contributed by atoms with Gasteiger partial charge in [-0.2, -0.15) is 0 Å². The first-order valence-electron chi connectivity index (χ1n) is 4.70. The highest BCUT2D eigenvalue weighted by Gasteiger charge is 2.23. The minimum Gasteiger partial charge on any atom is -0.271 e. The molecule has 1 aliphatic rings. The van der Waals surface area contributed by atoms with Crippen LogP contribution in [0, 0.1) is 13.8 Å². The molecule has 0 aliphatic carbocycles. The van der Waals surface area contributed by atoms with Crippen LogP contribution in [0.2, 0.25) is 0 Å². The van der Waals surface area contributed by atoms with Gasteiger partial charge in [-0.1, -0.05) is 0 Å². The van der Waals surface area contributed by atoms with E-state index in [1.807, 2.05) is 19.9 Å². The molecule has 1 aromatic rings. The molecule has 0 N–H and O–H groups in total. The summed E-state index contributed by atoms with van der Waals surface area (Å²) in [4.78, 5) is 19.4. The first kappa shape index (κ1) is 9.68. The summed E-state index contributed by atoms with van der Waals surface area (Å²) in [5.74, 6) is 0.00403. The first-order chi connectivity index (χ1) is 6.68. The van der Waals surface area contributed by atoms with Crippen molar-refractivity contribution in [3.8, 4) is 0 Å². The number of rotatable bonds is 1. The Bertz CT molecular complexity index is 353. The third-order valence-corrected chi connectivity index (χ3v) is 3.22. The Morgan fingerprint density at radius 1 is 1.57 bits per heavy atom. The lowest BCUT2D eigenvalue weighted by atomic mass is 10.2. The maximum atomic E-state index is 11.9. The number of hydrogen-bond acceptors (Lipinski definition) is 3. The molecule has 1 amide bonds. The van der Waals surface area contributed by atoms with E-state index in [9.17, 15) is 4.79 Å². The molecule has 0 saturated carbocycles. The Hall–Kier alpha value is -0.870. The lowest BCUT2D eigenvalue weighted by molar-refractivity contribution is -0.0768. The quantitative estimate of drug-likeness (QED) is 0.712. The summed E-state index contributed by atoms with van der Waals surface area (Å²) in [7, 11) is 0. The van der Waals surface area contributed by atoms with E-state index in [-0.39, 0.29) is 5.91 Å². The highest BCUT2D eigenvalue weighted by Crippen LogP contribution is 2.23. The molecule has 2 heterocycles. The van der Waals surface area contributed by atoms with Gasteiger partial charge in [0.05, 0.1) is 18.7 Å². The molecule has 3 nitrogen and oxygen atoms in total. The second kappa shape index (κ2) is 3.71. The van der Waals surface area contributed by atoms with Gasteiger partial charge in [0.1, 0.15) is 0 Å². The summed E-state index contributed by atoms with van der Waals surface area (Å²) in [5, 5.41) is 1.47. The van der Waals surface area contributed by atoms with Crippen molar-refractivity contribution < 1.29 is 9.63 Å². The first-order valence-corrected chi connectivity index (χ1v) is 5.52. The van der Waals surface area contributed by atoms with Crippen LogP contribution in [-0.4, -0.2) is 24.1 Å². The molecule has 0 unspecified atom stereocenters. The number of hydrogen-bond donors (Lipinski definition) is 0. The molecule has 1 saturated heterocycles. The van der Waals surface area contributed by atoms with Gasteiger partial charge in [-0.15, -0.1) is 11.3 Å². The van der Waals surface area contributed by atoms with Gasteiger partial charge in [0.15, 0.2) is 0 Å². The Morgan fingerprint density at radius 2 is 2.36 bits per heavy atom. The Balaban J connectivity index is 2.21. The fourth-order valence-corrected chi connectivity index (χ4v) is 2.50. The second-order valence-corrected chi connectivity index (χ2v) is 4.88. The molecule has 0 spiro atoms. The van der Waals surface area contributed by atoms with Crippen LogP contribution in [0.15, 0.2) is 6.07 Å². The van der Waals surface area contributed by atoms with Crippen LogP contribution < -0.4 is 0 Å². The zero-order chi connectivity index (χ0) is 10.1. The van der Waals surface area contributed by atoms with Crippen LogP contribution in [0.4, 0.5) is 0 Å². The second-order valence-electron chi connectivity index (χ2n) is 3.42. The molecular weight excluding hydrogens is 198 g/mol. The van der Waals surface area contributed by atoms with Gasteiger partial charge in [0.25, 0.3) is 5.91 Å². The summed E-state index contributed by atoms with van der Waals surface area (Å²) < 4.78 is 0. The number of aryl methyl sites for hydroxylation is 2. The van der Waals surface area contributed by atoms with E-state index in [2.05, 4.69) is 0 Å². The molecule has 0 atom stereocenters. The lowest BCUT2D eigenvalue weighted by Gasteiger charge is -2.12. The monoisotopic (exact) mass is 211 g/mol. The van der Waals surface area contributed by atoms with Crippen LogP contribution in [0.3, 0.4) is 0 Å². The lowest BCUT2D eigenvalue weighted by Crippen LogP contribution is -2.26. The molecule has 1 aliphatic heterocycles. The summed E-state index contributed by atoms with van der Waals surface area (Å²) in [6.07, 6.45) is 0.938. The Morgan fingerprint density at radius 3 is 2.86 bits per heavy atom. The van der Waals surface area contributed by atoms with E-state index in [1.54, 1.807) is 11.3 Å². The molecule has 14 heavy (non-hydrogen) atoms. The number of carbonyl (C=O) groups excluding carboxylic acids is 1. The van der Waals surface area contributed by atoms with Crippen LogP contribution in [0.5, 0.6) is 0 Å². The van der Waals surface area contributed by atoms with E-state index in [0.29, 0.717) is 13.2 Å². The highest BCUT2D eigenvalue weighted by atomic mass is 32.1. The molecular formula is C10H13NO2S. The summed E-state index contributed by atoms with van der Waals surface area (Å²) in [6, 6.07) is 1.93. The fraction of sp³-hybridized carbons (Fsp3) is 0.500. The molecule has 1 aromatic heterocycles. The van der Waals surface area contributed by atoms with Gasteiger partial charge in [-0.25, -0.2) is 5.06 Å². The van der Waals surface area contributed by atoms with Crippen molar-refractivity contribution >= 4 is 17.2 Å². The summed E-state index contributed by atoms with van der Waals surface area (Å²) in [6.45, 7) is 5.36. The van der Waals surface area contributed by atoms with Gasteiger partial charge < -0.3 is 0 Å². The Labute approximate surface area is 87.2 Å². The van der Waals surface area contributed by atoms with Crippen LogP contribution in [-0.2, 0) is 4.84 Å². The topological polar surface area (TPSA) is 29.5 Å². The van der Waals surface area contributed by atoms with Crippen molar-refractivity contribution in [3.63, 3.8) is 0 Å². The number of amides is 1. The van der Waals surface area contributed by atoms with Gasteiger partial charge in [0.2, 0.25) is 0 Å². The van der Waals surface area contributed by atoms with Crippen molar-refractivity contribution in [1.82, 2.24) is 5.06 Å². The zero-order valence-electron chi connectivity index (χ0n) is 8.37. The van der Waals surface area contributed by atoms with Crippen molar-refractivity contribution in [3.05, 3.63) is 21.4 Å². The predicted octanol–water partition coefficient (Wildman–Crippen LogP) is 2.14. The smallest absolute Gasteiger partial charge is 0.271 e. The van der Waals surface area contributed by atoms with Crippen molar-refractivity contribution in [2.45, 2.75) is 20.3 Å². The fourth-order valence-electron chi connectivity index (χ4n) is 1.59. The van der Waals surface area contributed by atoms with Gasteiger partial charge in [-0.3, -0.25) is 9.63 Å². The maximum absolute atomic E-state index is 11.9. The molecule has 0 bridgehead atoms. The number of nitrogens with zero attached hydrogens (tertiary/aromatic N) is 1. The minimum absolute atomic E-state index is 0.00403. The average Bonchev–Trinajstić information content (AvgIpc) is 2.73. The Kier molecular flexibility index (Phi) is 2.56. The van der Waals surface area contributed by atoms with Gasteiger partial charge in [-0.05, 0) is 26.3 Å². The average molecular weight is 211 g/mol. The van der Waals surface area contributed by atoms with E-state index in [0.717, 1.165) is 16.9 Å².